The lowest BCUT2D eigenvalue weighted by Crippen LogP contribution is -2.54. The molecule has 4 rings (SSSR count). The van der Waals surface area contributed by atoms with Crippen LogP contribution in [0, 0.1) is 5.92 Å². The fourth-order valence-electron chi connectivity index (χ4n) is 3.55. The third kappa shape index (κ3) is 2.96. The Labute approximate surface area is 145 Å². The van der Waals surface area contributed by atoms with Gasteiger partial charge in [0, 0.05) is 61.3 Å². The van der Waals surface area contributed by atoms with E-state index in [-0.39, 0.29) is 0 Å². The number of ether oxygens (including phenoxy) is 1. The van der Waals surface area contributed by atoms with Crippen molar-refractivity contribution in [1.29, 1.82) is 0 Å². The smallest absolute Gasteiger partial charge is 0.281 e. The molecule has 0 radical (unpaired) electrons. The number of hydrogen-bond acceptors (Lipinski definition) is 5. The second kappa shape index (κ2) is 6.94. The Morgan fingerprint density at radius 2 is 2.00 bits per heavy atom. The number of aliphatic hydroxyl groups is 1. The van der Waals surface area contributed by atoms with Crippen LogP contribution in [0.5, 0.6) is 0 Å². The van der Waals surface area contributed by atoms with Crippen LogP contribution in [0.3, 0.4) is 0 Å². The Bertz CT molecular complexity index is 575. The summed E-state index contributed by atoms with van der Waals surface area (Å²) in [4.78, 5) is 11.7. The molecule has 4 heterocycles. The molecule has 4 aliphatic rings. The molecule has 0 spiro atoms. The van der Waals surface area contributed by atoms with Crippen LogP contribution in [0.15, 0.2) is 33.8 Å². The van der Waals surface area contributed by atoms with Gasteiger partial charge in [0.25, 0.3) is 4.74 Å². The molecule has 2 saturated heterocycles. The van der Waals surface area contributed by atoms with Gasteiger partial charge in [-0.25, -0.2) is 4.48 Å². The van der Waals surface area contributed by atoms with E-state index in [1.54, 1.807) is 0 Å². The average Bonchev–Trinajstić information content (AvgIpc) is 2.81. The largest absolute Gasteiger partial charge is 0.400 e. The second-order valence-electron chi connectivity index (χ2n) is 6.30. The number of allylic oxidation sites excluding steroid dienone is 1. The summed E-state index contributed by atoms with van der Waals surface area (Å²) in [6.07, 6.45) is 8.22. The summed E-state index contributed by atoms with van der Waals surface area (Å²) in [6.45, 7) is 4.06. The maximum Gasteiger partial charge on any atom is 0.281 e. The van der Waals surface area contributed by atoms with E-state index in [1.165, 1.54) is 24.2 Å². The van der Waals surface area contributed by atoms with E-state index in [1.807, 2.05) is 12.4 Å². The van der Waals surface area contributed by atoms with Gasteiger partial charge in [-0.15, -0.1) is 0 Å². The first kappa shape index (κ1) is 17.0. The molecule has 0 saturated carbocycles. The highest BCUT2D eigenvalue weighted by molar-refractivity contribution is 9.18. The van der Waals surface area contributed by atoms with Gasteiger partial charge in [-0.2, -0.15) is 4.99 Å². The molecule has 1 atom stereocenters. The summed E-state index contributed by atoms with van der Waals surface area (Å²) >= 11 is 3.63. The molecule has 0 bridgehead atoms. The van der Waals surface area contributed by atoms with E-state index >= 15 is 0 Å². The second-order valence-corrected chi connectivity index (χ2v) is 7.01. The van der Waals surface area contributed by atoms with Crippen molar-refractivity contribution in [3.05, 3.63) is 23.8 Å². The first-order chi connectivity index (χ1) is 11.2. The number of amidine groups is 1. The Kier molecular flexibility index (Phi) is 5.13. The molecule has 126 valence electrons. The number of rotatable bonds is 2. The first-order valence-corrected chi connectivity index (χ1v) is 8.81. The van der Waals surface area contributed by atoms with Gasteiger partial charge >= 0.3 is 0 Å². The van der Waals surface area contributed by atoms with Gasteiger partial charge in [0.2, 0.25) is 0 Å². The van der Waals surface area contributed by atoms with E-state index in [2.05, 4.69) is 39.1 Å². The number of quaternary nitrogens is 1. The quantitative estimate of drug-likeness (QED) is 0.582. The molecule has 1 N–H and O–H groups in total. The van der Waals surface area contributed by atoms with E-state index in [0.29, 0.717) is 16.4 Å². The summed E-state index contributed by atoms with van der Waals surface area (Å²) in [7, 11) is 3.15. The molecule has 0 aromatic rings. The van der Waals surface area contributed by atoms with Crippen molar-refractivity contribution < 1.29 is 14.3 Å². The van der Waals surface area contributed by atoms with Crippen molar-refractivity contribution >= 4 is 26.9 Å². The van der Waals surface area contributed by atoms with Crippen LogP contribution < -0.4 is 0 Å². The standard InChI is InChI=1S/C15H20BrN4O.CH4O/c1-20-5-4-17-8-13(20)14(18-15(20)16)11-9-19(10-11)12-2-6-21-7-3-12;1-2/h4-5,8,11-12H,2-3,6-7,9-10H2,1H3;2H,1H3/q+1;. The van der Waals surface area contributed by atoms with Crippen LogP contribution in [0.4, 0.5) is 0 Å². The molecule has 6 nitrogen and oxygen atoms in total. The van der Waals surface area contributed by atoms with Crippen LogP contribution >= 0.6 is 15.9 Å². The van der Waals surface area contributed by atoms with Crippen molar-refractivity contribution in [2.75, 3.05) is 40.5 Å². The molecule has 0 aliphatic carbocycles. The van der Waals surface area contributed by atoms with Crippen molar-refractivity contribution in [3.63, 3.8) is 0 Å². The zero-order chi connectivity index (χ0) is 16.4. The van der Waals surface area contributed by atoms with Crippen molar-refractivity contribution in [3.8, 4) is 0 Å². The SMILES string of the molecule is CO.C[N+]12C=CN=CC1=C(C1CN(C3CCOCC3)C1)N=C2Br. The van der Waals surface area contributed by atoms with Gasteiger partial charge in [0.1, 0.15) is 11.9 Å². The maximum atomic E-state index is 7.00. The number of fused-ring (bicyclic) bond motifs is 1. The molecule has 0 aromatic heterocycles. The summed E-state index contributed by atoms with van der Waals surface area (Å²) in [5, 5.41) is 7.00. The molecule has 1 unspecified atom stereocenters. The highest BCUT2D eigenvalue weighted by Crippen LogP contribution is 2.39. The molecule has 4 aliphatic heterocycles. The van der Waals surface area contributed by atoms with Crippen molar-refractivity contribution in [1.82, 2.24) is 4.90 Å². The lowest BCUT2D eigenvalue weighted by molar-refractivity contribution is -0.709. The topological polar surface area (TPSA) is 57.4 Å². The van der Waals surface area contributed by atoms with E-state index < -0.39 is 0 Å². The summed E-state index contributed by atoms with van der Waals surface area (Å²) in [5.74, 6) is 0.535. The Balaban J connectivity index is 0.000000753. The molecule has 0 amide bonds. The number of likely N-dealkylation sites (tertiary alicyclic amines) is 1. The van der Waals surface area contributed by atoms with Gasteiger partial charge in [-0.05, 0) is 12.8 Å². The number of aliphatic imine (C=N–C) groups is 2. The van der Waals surface area contributed by atoms with Crippen molar-refractivity contribution in [2.45, 2.75) is 18.9 Å². The molecular weight excluding hydrogens is 360 g/mol. The van der Waals surface area contributed by atoms with Gasteiger partial charge in [-0.1, -0.05) is 0 Å². The zero-order valence-electron chi connectivity index (χ0n) is 13.7. The average molecular weight is 384 g/mol. The number of halogens is 1. The van der Waals surface area contributed by atoms with E-state index in [9.17, 15) is 0 Å². The van der Waals surface area contributed by atoms with E-state index in [0.717, 1.165) is 38.2 Å². The minimum absolute atomic E-state index is 0.535. The van der Waals surface area contributed by atoms with Crippen LogP contribution in [0.1, 0.15) is 12.8 Å². The number of nitrogens with zero attached hydrogens (tertiary/aromatic N) is 4. The predicted molar refractivity (Wildman–Crippen MR) is 94.3 cm³/mol. The fourth-order valence-corrected chi connectivity index (χ4v) is 4.05. The maximum absolute atomic E-state index is 7.00. The van der Waals surface area contributed by atoms with Crippen LogP contribution in [-0.2, 0) is 4.74 Å². The Hall–Kier alpha value is -0.860. The molecule has 2 fully saturated rings. The summed E-state index contributed by atoms with van der Waals surface area (Å²) in [5.41, 5.74) is 2.42. The van der Waals surface area contributed by atoms with E-state index in [4.69, 9.17) is 14.8 Å². The van der Waals surface area contributed by atoms with Gasteiger partial charge < -0.3 is 9.84 Å². The van der Waals surface area contributed by atoms with Gasteiger partial charge in [-0.3, -0.25) is 9.89 Å². The lowest BCUT2D eigenvalue weighted by atomic mass is 9.91. The molecular formula is C16H24BrN4O2+. The van der Waals surface area contributed by atoms with Crippen LogP contribution in [0.25, 0.3) is 0 Å². The zero-order valence-corrected chi connectivity index (χ0v) is 15.2. The number of aliphatic hydroxyl groups excluding tert-OH is 1. The molecule has 0 aromatic carbocycles. The normalized spacial score (nSPS) is 31.4. The molecule has 7 heteroatoms. The Morgan fingerprint density at radius 3 is 2.70 bits per heavy atom. The lowest BCUT2D eigenvalue weighted by Gasteiger charge is -2.45. The fraction of sp³-hybridized carbons (Fsp3) is 0.625. The summed E-state index contributed by atoms with van der Waals surface area (Å²) in [6, 6.07) is 0.704. The monoisotopic (exact) mass is 383 g/mol. The minimum Gasteiger partial charge on any atom is -0.400 e. The first-order valence-electron chi connectivity index (χ1n) is 8.01. The predicted octanol–water partition coefficient (Wildman–Crippen LogP) is 1.68. The van der Waals surface area contributed by atoms with Crippen LogP contribution in [-0.4, -0.2) is 72.0 Å². The van der Waals surface area contributed by atoms with Crippen LogP contribution in [0.2, 0.25) is 0 Å². The highest BCUT2D eigenvalue weighted by Gasteiger charge is 2.46. The Morgan fingerprint density at radius 1 is 1.30 bits per heavy atom. The van der Waals surface area contributed by atoms with Gasteiger partial charge in [0.05, 0.1) is 19.5 Å². The third-order valence-corrected chi connectivity index (χ3v) is 5.92. The van der Waals surface area contributed by atoms with Crippen molar-refractivity contribution in [2.24, 2.45) is 15.9 Å². The highest BCUT2D eigenvalue weighted by atomic mass is 79.9. The summed E-state index contributed by atoms with van der Waals surface area (Å²) < 4.78 is 7.03. The number of hydrogen-bond donors (Lipinski definition) is 1. The molecule has 23 heavy (non-hydrogen) atoms. The van der Waals surface area contributed by atoms with Gasteiger partial charge in [0.15, 0.2) is 5.70 Å². The minimum atomic E-state index is 0.535. The third-order valence-electron chi connectivity index (χ3n) is 5.01.